The first-order valence-corrected chi connectivity index (χ1v) is 4.68. The molecule has 2 N–H and O–H groups in total. The van der Waals surface area contributed by atoms with Crippen LogP contribution in [0.1, 0.15) is 26.2 Å². The summed E-state index contributed by atoms with van der Waals surface area (Å²) >= 11 is 0. The molecule has 0 radical (unpaired) electrons. The second-order valence-electron chi connectivity index (χ2n) is 4.26. The molecular formula is C9H14N2O2. The summed E-state index contributed by atoms with van der Waals surface area (Å²) in [5.74, 6) is -0.135. The molecule has 1 saturated carbocycles. The average molecular weight is 182 g/mol. The molecule has 2 amide bonds. The molecule has 2 fully saturated rings. The third-order valence-electron chi connectivity index (χ3n) is 2.77. The van der Waals surface area contributed by atoms with Gasteiger partial charge in [0.05, 0.1) is 5.92 Å². The quantitative estimate of drug-likeness (QED) is 0.621. The highest BCUT2D eigenvalue weighted by Crippen LogP contribution is 2.34. The molecule has 0 aromatic carbocycles. The van der Waals surface area contributed by atoms with E-state index in [0.29, 0.717) is 13.0 Å². The number of hydrogen-bond acceptors (Lipinski definition) is 2. The van der Waals surface area contributed by atoms with Gasteiger partial charge < -0.3 is 10.6 Å². The van der Waals surface area contributed by atoms with Crippen LogP contribution in [0.4, 0.5) is 0 Å². The van der Waals surface area contributed by atoms with Gasteiger partial charge in [0.25, 0.3) is 0 Å². The molecule has 1 unspecified atom stereocenters. The molecule has 0 aromatic heterocycles. The van der Waals surface area contributed by atoms with Gasteiger partial charge in [-0.25, -0.2) is 0 Å². The van der Waals surface area contributed by atoms with E-state index in [0.717, 1.165) is 12.8 Å². The van der Waals surface area contributed by atoms with Gasteiger partial charge in [-0.3, -0.25) is 9.59 Å². The van der Waals surface area contributed by atoms with E-state index < -0.39 is 0 Å². The third kappa shape index (κ3) is 1.82. The molecule has 1 aliphatic carbocycles. The van der Waals surface area contributed by atoms with E-state index in [2.05, 4.69) is 10.6 Å². The summed E-state index contributed by atoms with van der Waals surface area (Å²) in [6.07, 6.45) is 2.47. The van der Waals surface area contributed by atoms with Crippen molar-refractivity contribution in [1.29, 1.82) is 0 Å². The Hall–Kier alpha value is -1.06. The van der Waals surface area contributed by atoms with Gasteiger partial charge in [-0.2, -0.15) is 0 Å². The highest BCUT2D eigenvalue weighted by molar-refractivity contribution is 5.89. The van der Waals surface area contributed by atoms with Gasteiger partial charge in [-0.1, -0.05) is 0 Å². The molecule has 1 saturated heterocycles. The predicted octanol–water partition coefficient (Wildman–Crippen LogP) is -0.209. The molecule has 1 atom stereocenters. The molecular weight excluding hydrogens is 168 g/mol. The predicted molar refractivity (Wildman–Crippen MR) is 46.9 cm³/mol. The van der Waals surface area contributed by atoms with Crippen molar-refractivity contribution in [2.45, 2.75) is 31.7 Å². The minimum absolute atomic E-state index is 0.0129. The Morgan fingerprint density at radius 1 is 1.62 bits per heavy atom. The van der Waals surface area contributed by atoms with Crippen molar-refractivity contribution in [3.05, 3.63) is 0 Å². The summed E-state index contributed by atoms with van der Waals surface area (Å²) < 4.78 is 0. The van der Waals surface area contributed by atoms with E-state index in [-0.39, 0.29) is 23.3 Å². The minimum atomic E-state index is -0.148. The van der Waals surface area contributed by atoms with Gasteiger partial charge in [-0.05, 0) is 19.8 Å². The van der Waals surface area contributed by atoms with Crippen LogP contribution in [0.15, 0.2) is 0 Å². The lowest BCUT2D eigenvalue weighted by atomic mass is 10.1. The topological polar surface area (TPSA) is 58.2 Å². The third-order valence-corrected chi connectivity index (χ3v) is 2.77. The summed E-state index contributed by atoms with van der Waals surface area (Å²) in [4.78, 5) is 22.4. The summed E-state index contributed by atoms with van der Waals surface area (Å²) in [6, 6.07) is 0. The van der Waals surface area contributed by atoms with Crippen molar-refractivity contribution in [2.24, 2.45) is 5.92 Å². The van der Waals surface area contributed by atoms with Crippen LogP contribution in [0.2, 0.25) is 0 Å². The zero-order chi connectivity index (χ0) is 9.47. The Morgan fingerprint density at radius 2 is 2.31 bits per heavy atom. The molecule has 72 valence electrons. The fraction of sp³-hybridized carbons (Fsp3) is 0.778. The largest absolute Gasteiger partial charge is 0.355 e. The number of rotatable bonds is 2. The zero-order valence-electron chi connectivity index (χ0n) is 7.72. The van der Waals surface area contributed by atoms with Crippen molar-refractivity contribution in [3.63, 3.8) is 0 Å². The van der Waals surface area contributed by atoms with E-state index in [1.165, 1.54) is 0 Å². The highest BCUT2D eigenvalue weighted by Gasteiger charge is 2.41. The minimum Gasteiger partial charge on any atom is -0.355 e. The van der Waals surface area contributed by atoms with Crippen molar-refractivity contribution in [1.82, 2.24) is 10.6 Å². The zero-order valence-corrected chi connectivity index (χ0v) is 7.72. The first-order valence-electron chi connectivity index (χ1n) is 4.68. The SMILES string of the molecule is CC1(NC(=O)C2CNC(=O)C2)CC1. The second kappa shape index (κ2) is 2.72. The van der Waals surface area contributed by atoms with E-state index in [9.17, 15) is 9.59 Å². The number of hydrogen-bond donors (Lipinski definition) is 2. The van der Waals surface area contributed by atoms with Crippen LogP contribution in [0.5, 0.6) is 0 Å². The Morgan fingerprint density at radius 3 is 2.77 bits per heavy atom. The van der Waals surface area contributed by atoms with Crippen LogP contribution in [0.3, 0.4) is 0 Å². The van der Waals surface area contributed by atoms with E-state index in [1.807, 2.05) is 6.92 Å². The van der Waals surface area contributed by atoms with Gasteiger partial charge >= 0.3 is 0 Å². The van der Waals surface area contributed by atoms with Crippen LogP contribution in [-0.2, 0) is 9.59 Å². The van der Waals surface area contributed by atoms with Gasteiger partial charge in [-0.15, -0.1) is 0 Å². The number of carbonyl (C=O) groups excluding carboxylic acids is 2. The number of carbonyl (C=O) groups is 2. The molecule has 0 aromatic rings. The Kier molecular flexibility index (Phi) is 1.78. The Labute approximate surface area is 77.1 Å². The molecule has 13 heavy (non-hydrogen) atoms. The van der Waals surface area contributed by atoms with Crippen molar-refractivity contribution in [3.8, 4) is 0 Å². The van der Waals surface area contributed by atoms with Gasteiger partial charge in [0.2, 0.25) is 11.8 Å². The lowest BCUT2D eigenvalue weighted by Gasteiger charge is -2.14. The van der Waals surface area contributed by atoms with Gasteiger partial charge in [0, 0.05) is 18.5 Å². The number of nitrogens with one attached hydrogen (secondary N) is 2. The standard InChI is InChI=1S/C9H14N2O2/c1-9(2-3-9)11-8(13)6-4-7(12)10-5-6/h6H,2-5H2,1H3,(H,10,12)(H,11,13). The molecule has 1 aliphatic heterocycles. The van der Waals surface area contributed by atoms with Gasteiger partial charge in [0.1, 0.15) is 0 Å². The smallest absolute Gasteiger partial charge is 0.225 e. The second-order valence-corrected chi connectivity index (χ2v) is 4.26. The summed E-state index contributed by atoms with van der Waals surface area (Å²) in [5.41, 5.74) is 0.0305. The van der Waals surface area contributed by atoms with E-state index in [1.54, 1.807) is 0 Å². The molecule has 0 bridgehead atoms. The van der Waals surface area contributed by atoms with Crippen LogP contribution in [-0.4, -0.2) is 23.9 Å². The Balaban J connectivity index is 1.87. The van der Waals surface area contributed by atoms with Crippen molar-refractivity contribution in [2.75, 3.05) is 6.54 Å². The van der Waals surface area contributed by atoms with Crippen molar-refractivity contribution >= 4 is 11.8 Å². The maximum Gasteiger partial charge on any atom is 0.225 e. The molecule has 2 rings (SSSR count). The highest BCUT2D eigenvalue weighted by atomic mass is 16.2. The summed E-state index contributed by atoms with van der Waals surface area (Å²) in [5, 5.41) is 5.62. The lowest BCUT2D eigenvalue weighted by Crippen LogP contribution is -2.39. The van der Waals surface area contributed by atoms with Crippen molar-refractivity contribution < 1.29 is 9.59 Å². The first-order chi connectivity index (χ1) is 6.09. The van der Waals surface area contributed by atoms with Gasteiger partial charge in [0.15, 0.2) is 0 Å². The average Bonchev–Trinajstić information content (AvgIpc) is 2.62. The lowest BCUT2D eigenvalue weighted by molar-refractivity contribution is -0.127. The van der Waals surface area contributed by atoms with E-state index >= 15 is 0 Å². The Bertz CT molecular complexity index is 258. The molecule has 4 heteroatoms. The van der Waals surface area contributed by atoms with Crippen LogP contribution in [0.25, 0.3) is 0 Å². The van der Waals surface area contributed by atoms with Crippen LogP contribution < -0.4 is 10.6 Å². The molecule has 1 heterocycles. The molecule has 4 nitrogen and oxygen atoms in total. The first kappa shape index (κ1) is 8.53. The molecule has 2 aliphatic rings. The van der Waals surface area contributed by atoms with Crippen LogP contribution >= 0.6 is 0 Å². The summed E-state index contributed by atoms with van der Waals surface area (Å²) in [6.45, 7) is 2.54. The fourth-order valence-electron chi connectivity index (χ4n) is 1.50. The van der Waals surface area contributed by atoms with E-state index in [4.69, 9.17) is 0 Å². The fourth-order valence-corrected chi connectivity index (χ4v) is 1.50. The molecule has 0 spiro atoms. The maximum absolute atomic E-state index is 11.5. The maximum atomic E-state index is 11.5. The summed E-state index contributed by atoms with van der Waals surface area (Å²) in [7, 11) is 0. The number of amides is 2. The normalized spacial score (nSPS) is 29.6. The van der Waals surface area contributed by atoms with Crippen LogP contribution in [0, 0.1) is 5.92 Å². The monoisotopic (exact) mass is 182 g/mol.